The Bertz CT molecular complexity index is 896. The monoisotopic (exact) mass is 410 g/mol. The van der Waals surface area contributed by atoms with Crippen molar-refractivity contribution in [3.05, 3.63) is 29.6 Å². The topological polar surface area (TPSA) is 87.8 Å². The molecule has 2 aliphatic rings. The summed E-state index contributed by atoms with van der Waals surface area (Å²) in [5.74, 6) is -1.83. The summed E-state index contributed by atoms with van der Waals surface area (Å²) in [6.07, 6.45) is -2.00. The minimum atomic E-state index is -2.77. The maximum atomic E-state index is 14.8. The maximum Gasteiger partial charge on any atom is 0.252 e. The Labute approximate surface area is 167 Å². The minimum Gasteiger partial charge on any atom is -0.369 e. The molecule has 9 heteroatoms. The molecule has 1 saturated carbocycles. The van der Waals surface area contributed by atoms with E-state index in [2.05, 4.69) is 10.3 Å². The first-order chi connectivity index (χ1) is 13.4. The van der Waals surface area contributed by atoms with E-state index >= 15 is 0 Å². The van der Waals surface area contributed by atoms with Gasteiger partial charge in [0.25, 0.3) is 6.43 Å². The van der Waals surface area contributed by atoms with E-state index in [9.17, 15) is 22.8 Å². The quantitative estimate of drug-likeness (QED) is 0.799. The van der Waals surface area contributed by atoms with Gasteiger partial charge in [-0.15, -0.1) is 0 Å². The molecule has 29 heavy (non-hydrogen) atoms. The first kappa shape index (κ1) is 21.1. The number of guanidine groups is 1. The fraction of sp³-hybridized carbons (Fsp3) is 0.550. The Balaban J connectivity index is 2.02. The molecule has 3 N–H and O–H groups in total. The van der Waals surface area contributed by atoms with Crippen LogP contribution in [0.15, 0.2) is 23.2 Å². The Hall–Kier alpha value is -2.58. The highest BCUT2D eigenvalue weighted by atomic mass is 19.3. The second-order valence-corrected chi connectivity index (χ2v) is 8.49. The van der Waals surface area contributed by atoms with Gasteiger partial charge in [-0.2, -0.15) is 0 Å². The molecule has 1 aromatic rings. The van der Waals surface area contributed by atoms with Crippen molar-refractivity contribution in [2.24, 2.45) is 21.6 Å². The lowest BCUT2D eigenvalue weighted by atomic mass is 9.67. The summed E-state index contributed by atoms with van der Waals surface area (Å²) in [6, 6.07) is 3.76. The number of alkyl halides is 2. The van der Waals surface area contributed by atoms with E-state index < -0.39 is 34.5 Å². The second-order valence-electron chi connectivity index (χ2n) is 8.49. The molecular weight excluding hydrogens is 385 g/mol. The van der Waals surface area contributed by atoms with Gasteiger partial charge in [0, 0.05) is 18.3 Å². The first-order valence-electron chi connectivity index (χ1n) is 9.40. The summed E-state index contributed by atoms with van der Waals surface area (Å²) >= 11 is 0. The van der Waals surface area contributed by atoms with Crippen LogP contribution < -0.4 is 11.1 Å². The van der Waals surface area contributed by atoms with Crippen LogP contribution >= 0.6 is 0 Å². The van der Waals surface area contributed by atoms with E-state index in [-0.39, 0.29) is 36.0 Å². The number of carbonyl (C=O) groups is 2. The summed E-state index contributed by atoms with van der Waals surface area (Å²) in [7, 11) is 1.48. The van der Waals surface area contributed by atoms with Crippen LogP contribution in [0.2, 0.25) is 0 Å². The molecule has 158 valence electrons. The van der Waals surface area contributed by atoms with Crippen LogP contribution in [0.3, 0.4) is 0 Å². The molecule has 3 rings (SSSR count). The van der Waals surface area contributed by atoms with Gasteiger partial charge in [-0.05, 0) is 51.8 Å². The number of hydrogen-bond donors (Lipinski definition) is 2. The zero-order chi connectivity index (χ0) is 21.8. The van der Waals surface area contributed by atoms with Gasteiger partial charge in [-0.1, -0.05) is 6.42 Å². The molecule has 2 amide bonds. The average Bonchev–Trinajstić information content (AvgIpc) is 2.59. The first-order valence-corrected chi connectivity index (χ1v) is 9.40. The third-order valence-corrected chi connectivity index (χ3v) is 6.60. The van der Waals surface area contributed by atoms with Crippen molar-refractivity contribution in [1.82, 2.24) is 4.90 Å². The number of nitrogens with zero attached hydrogens (tertiary/aromatic N) is 2. The van der Waals surface area contributed by atoms with Crippen LogP contribution in [-0.2, 0) is 15.1 Å². The maximum absolute atomic E-state index is 14.8. The van der Waals surface area contributed by atoms with E-state index in [0.29, 0.717) is 6.42 Å². The molecule has 1 fully saturated rings. The molecule has 1 aromatic carbocycles. The van der Waals surface area contributed by atoms with Crippen LogP contribution in [0.5, 0.6) is 0 Å². The number of aliphatic imine (C=N–C) groups is 1. The van der Waals surface area contributed by atoms with Gasteiger partial charge in [0.2, 0.25) is 11.8 Å². The highest BCUT2D eigenvalue weighted by Crippen LogP contribution is 2.49. The van der Waals surface area contributed by atoms with Crippen LogP contribution in [-0.4, -0.2) is 36.1 Å². The summed E-state index contributed by atoms with van der Waals surface area (Å²) in [5.41, 5.74) is 1.87. The van der Waals surface area contributed by atoms with Gasteiger partial charge in [0.1, 0.15) is 16.8 Å². The lowest BCUT2D eigenvalue weighted by Gasteiger charge is -2.46. The molecule has 0 radical (unpaired) electrons. The largest absolute Gasteiger partial charge is 0.369 e. The zero-order valence-corrected chi connectivity index (χ0v) is 16.9. The number of hydrogen-bond acceptors (Lipinski definition) is 4. The third kappa shape index (κ3) is 2.98. The molecule has 0 saturated heterocycles. The molecule has 0 aromatic heterocycles. The smallest absolute Gasteiger partial charge is 0.252 e. The second kappa shape index (κ2) is 6.74. The molecule has 0 spiro atoms. The van der Waals surface area contributed by atoms with Gasteiger partial charge in [-0.25, -0.2) is 18.2 Å². The Morgan fingerprint density at radius 3 is 2.41 bits per heavy atom. The number of nitrogens with two attached hydrogens (primary N) is 1. The fourth-order valence-corrected chi connectivity index (χ4v) is 3.91. The molecule has 1 unspecified atom stereocenters. The third-order valence-electron chi connectivity index (χ3n) is 6.60. The highest BCUT2D eigenvalue weighted by Gasteiger charge is 2.54. The van der Waals surface area contributed by atoms with Crippen LogP contribution in [0.25, 0.3) is 0 Å². The summed E-state index contributed by atoms with van der Waals surface area (Å²) in [4.78, 5) is 30.8. The van der Waals surface area contributed by atoms with Gasteiger partial charge in [-0.3, -0.25) is 14.5 Å². The van der Waals surface area contributed by atoms with E-state index in [1.807, 2.05) is 0 Å². The van der Waals surface area contributed by atoms with Crippen LogP contribution in [0.4, 0.5) is 18.9 Å². The SMILES string of the molecule is CN1C(=O)C(C)(C)C(C)(c2cc(NC(=O)C3(C(F)F)CCC3)ccc2F)N=C1N. The summed E-state index contributed by atoms with van der Waals surface area (Å²) in [6.45, 7) is 4.85. The summed E-state index contributed by atoms with van der Waals surface area (Å²) < 4.78 is 41.6. The number of benzene rings is 1. The zero-order valence-electron chi connectivity index (χ0n) is 16.9. The van der Waals surface area contributed by atoms with Gasteiger partial charge in [0.15, 0.2) is 5.96 Å². The number of anilines is 1. The van der Waals surface area contributed by atoms with E-state index in [1.165, 1.54) is 24.1 Å². The fourth-order valence-electron chi connectivity index (χ4n) is 3.91. The molecule has 0 bridgehead atoms. The molecule has 6 nitrogen and oxygen atoms in total. The van der Waals surface area contributed by atoms with Gasteiger partial charge in [0.05, 0.1) is 5.41 Å². The van der Waals surface area contributed by atoms with Gasteiger partial charge < -0.3 is 11.1 Å². The Morgan fingerprint density at radius 1 is 1.28 bits per heavy atom. The molecule has 1 heterocycles. The van der Waals surface area contributed by atoms with Crippen molar-refractivity contribution in [1.29, 1.82) is 0 Å². The molecule has 1 atom stereocenters. The predicted octanol–water partition coefficient (Wildman–Crippen LogP) is 3.23. The number of carbonyl (C=O) groups excluding carboxylic acids is 2. The standard InChI is InChI=1S/C20H25F3N4O2/c1-18(2)16(29)27(4)17(24)26-19(18,3)12-10-11(6-7-13(12)21)25-15(28)20(14(22)23)8-5-9-20/h6-7,10,14H,5,8-9H2,1-4H3,(H2,24,26)(H,25,28). The number of nitrogens with one attached hydrogen (secondary N) is 1. The van der Waals surface area contributed by atoms with Crippen molar-refractivity contribution < 1.29 is 22.8 Å². The van der Waals surface area contributed by atoms with Crippen LogP contribution in [0.1, 0.15) is 45.6 Å². The lowest BCUT2D eigenvalue weighted by molar-refractivity contribution is -0.144. The average molecular weight is 410 g/mol. The highest BCUT2D eigenvalue weighted by molar-refractivity contribution is 6.02. The van der Waals surface area contributed by atoms with Gasteiger partial charge >= 0.3 is 0 Å². The number of amides is 2. The minimum absolute atomic E-state index is 0.0457. The molecular formula is C20H25F3N4O2. The summed E-state index contributed by atoms with van der Waals surface area (Å²) in [5, 5.41) is 2.49. The van der Waals surface area contributed by atoms with E-state index in [0.717, 1.165) is 6.07 Å². The molecule has 1 aliphatic heterocycles. The predicted molar refractivity (Wildman–Crippen MR) is 103 cm³/mol. The lowest BCUT2D eigenvalue weighted by Crippen LogP contribution is -2.58. The van der Waals surface area contributed by atoms with Crippen LogP contribution in [0, 0.1) is 16.6 Å². The Morgan fingerprint density at radius 2 is 1.90 bits per heavy atom. The normalized spacial score (nSPS) is 25.4. The van der Waals surface area contributed by atoms with E-state index in [1.54, 1.807) is 20.8 Å². The van der Waals surface area contributed by atoms with Crippen molar-refractivity contribution >= 4 is 23.5 Å². The van der Waals surface area contributed by atoms with Crippen molar-refractivity contribution in [3.63, 3.8) is 0 Å². The van der Waals surface area contributed by atoms with Crippen molar-refractivity contribution in [2.45, 2.75) is 52.0 Å². The number of rotatable bonds is 4. The van der Waals surface area contributed by atoms with Crippen molar-refractivity contribution in [3.8, 4) is 0 Å². The number of halogens is 3. The Kier molecular flexibility index (Phi) is 4.91. The van der Waals surface area contributed by atoms with E-state index in [4.69, 9.17) is 5.73 Å². The van der Waals surface area contributed by atoms with Crippen molar-refractivity contribution in [2.75, 3.05) is 12.4 Å². The molecule has 1 aliphatic carbocycles.